The molecule has 0 aromatic carbocycles. The lowest BCUT2D eigenvalue weighted by Gasteiger charge is -2.10. The maximum Gasteiger partial charge on any atom is 0.109 e. The molecule has 1 rings (SSSR count). The van der Waals surface area contributed by atoms with Crippen LogP contribution in [0.15, 0.2) is 12.4 Å². The van der Waals surface area contributed by atoms with Crippen molar-refractivity contribution in [1.29, 1.82) is 0 Å². The molecule has 13 heavy (non-hydrogen) atoms. The molecule has 0 aliphatic carbocycles. The summed E-state index contributed by atoms with van der Waals surface area (Å²) in [5.74, 6) is 1.04. The van der Waals surface area contributed by atoms with Crippen LogP contribution in [0.4, 0.5) is 0 Å². The van der Waals surface area contributed by atoms with Crippen molar-refractivity contribution in [3.05, 3.63) is 18.2 Å². The van der Waals surface area contributed by atoms with E-state index >= 15 is 0 Å². The lowest BCUT2D eigenvalue weighted by molar-refractivity contribution is 0.273. The molecule has 0 atom stereocenters. The Kier molecular flexibility index (Phi) is 3.92. The van der Waals surface area contributed by atoms with E-state index in [0.717, 1.165) is 18.8 Å². The summed E-state index contributed by atoms with van der Waals surface area (Å²) in [5, 5.41) is 8.78. The number of aromatic nitrogens is 2. The molecule has 0 aliphatic heterocycles. The van der Waals surface area contributed by atoms with Gasteiger partial charge in [0.05, 0.1) is 6.61 Å². The van der Waals surface area contributed by atoms with Crippen LogP contribution < -0.4 is 0 Å². The second-order valence-electron chi connectivity index (χ2n) is 3.31. The van der Waals surface area contributed by atoms with Gasteiger partial charge in [0.2, 0.25) is 0 Å². The van der Waals surface area contributed by atoms with Crippen LogP contribution in [-0.2, 0) is 13.0 Å². The van der Waals surface area contributed by atoms with Gasteiger partial charge in [0.25, 0.3) is 0 Å². The zero-order valence-corrected chi connectivity index (χ0v) is 8.27. The normalized spacial score (nSPS) is 11.1. The minimum atomic E-state index is 0.172. The van der Waals surface area contributed by atoms with Gasteiger partial charge >= 0.3 is 0 Å². The molecule has 1 aromatic rings. The smallest absolute Gasteiger partial charge is 0.109 e. The molecule has 0 radical (unpaired) electrons. The molecule has 0 aliphatic rings. The highest BCUT2D eigenvalue weighted by atomic mass is 16.3. The summed E-state index contributed by atoms with van der Waals surface area (Å²) < 4.78 is 1.99. The Hall–Kier alpha value is -0.870. The van der Waals surface area contributed by atoms with Crippen molar-refractivity contribution in [2.75, 3.05) is 27.2 Å². The summed E-state index contributed by atoms with van der Waals surface area (Å²) >= 11 is 0. The lowest BCUT2D eigenvalue weighted by Crippen LogP contribution is -2.17. The van der Waals surface area contributed by atoms with Crippen LogP contribution in [0, 0.1) is 0 Å². The maximum absolute atomic E-state index is 8.78. The highest BCUT2D eigenvalue weighted by Gasteiger charge is 2.01. The van der Waals surface area contributed by atoms with Crippen molar-refractivity contribution in [2.45, 2.75) is 13.0 Å². The van der Waals surface area contributed by atoms with E-state index in [4.69, 9.17) is 5.11 Å². The predicted octanol–water partition coefficient (Wildman–Crippen LogP) is -0.0205. The van der Waals surface area contributed by atoms with E-state index in [1.54, 1.807) is 6.20 Å². The third kappa shape index (κ3) is 3.16. The monoisotopic (exact) mass is 183 g/mol. The van der Waals surface area contributed by atoms with Crippen LogP contribution in [-0.4, -0.2) is 46.8 Å². The minimum absolute atomic E-state index is 0.172. The van der Waals surface area contributed by atoms with E-state index in [-0.39, 0.29) is 6.61 Å². The maximum atomic E-state index is 8.78. The van der Waals surface area contributed by atoms with Gasteiger partial charge in [0, 0.05) is 31.9 Å². The van der Waals surface area contributed by atoms with E-state index in [2.05, 4.69) is 9.88 Å². The fourth-order valence-corrected chi connectivity index (χ4v) is 1.20. The molecule has 4 heteroatoms. The van der Waals surface area contributed by atoms with Crippen LogP contribution in [0.25, 0.3) is 0 Å². The second-order valence-corrected chi connectivity index (χ2v) is 3.31. The van der Waals surface area contributed by atoms with Crippen molar-refractivity contribution in [3.8, 4) is 0 Å². The molecular weight excluding hydrogens is 166 g/mol. The first-order chi connectivity index (χ1) is 6.24. The Balaban J connectivity index is 2.49. The number of nitrogens with zero attached hydrogens (tertiary/aromatic N) is 3. The van der Waals surface area contributed by atoms with Gasteiger partial charge in [0.1, 0.15) is 5.82 Å². The van der Waals surface area contributed by atoms with Crippen LogP contribution >= 0.6 is 0 Å². The van der Waals surface area contributed by atoms with Gasteiger partial charge in [-0.15, -0.1) is 0 Å². The van der Waals surface area contributed by atoms with E-state index in [9.17, 15) is 0 Å². The minimum Gasteiger partial charge on any atom is -0.395 e. The van der Waals surface area contributed by atoms with Crippen LogP contribution in [0.5, 0.6) is 0 Å². The average Bonchev–Trinajstić information content (AvgIpc) is 2.49. The Bertz CT molecular complexity index is 245. The number of likely N-dealkylation sites (N-methyl/N-ethyl adjacent to an activating group) is 1. The third-order valence-corrected chi connectivity index (χ3v) is 1.93. The van der Waals surface area contributed by atoms with Crippen LogP contribution in [0.2, 0.25) is 0 Å². The van der Waals surface area contributed by atoms with Gasteiger partial charge in [-0.05, 0) is 14.1 Å². The Morgan fingerprint density at radius 3 is 2.92 bits per heavy atom. The Morgan fingerprint density at radius 1 is 1.54 bits per heavy atom. The summed E-state index contributed by atoms with van der Waals surface area (Å²) in [6.07, 6.45) is 4.61. The predicted molar refractivity (Wildman–Crippen MR) is 51.6 cm³/mol. The fraction of sp³-hybridized carbons (Fsp3) is 0.667. The molecular formula is C9H17N3O. The van der Waals surface area contributed by atoms with E-state index in [1.165, 1.54) is 0 Å². The number of aliphatic hydroxyl groups is 1. The first kappa shape index (κ1) is 10.2. The SMILES string of the molecule is CN(C)CCc1nccn1CCO. The van der Waals surface area contributed by atoms with Crippen molar-refractivity contribution >= 4 is 0 Å². The molecule has 0 spiro atoms. The molecule has 0 amide bonds. The first-order valence-corrected chi connectivity index (χ1v) is 4.49. The molecule has 4 nitrogen and oxygen atoms in total. The number of hydrogen-bond donors (Lipinski definition) is 1. The zero-order valence-electron chi connectivity index (χ0n) is 8.27. The molecule has 0 fully saturated rings. The summed E-state index contributed by atoms with van der Waals surface area (Å²) in [6.45, 7) is 1.80. The average molecular weight is 183 g/mol. The molecule has 0 bridgehead atoms. The van der Waals surface area contributed by atoms with E-state index in [0.29, 0.717) is 6.54 Å². The summed E-state index contributed by atoms with van der Waals surface area (Å²) in [4.78, 5) is 6.35. The van der Waals surface area contributed by atoms with Gasteiger partial charge in [0.15, 0.2) is 0 Å². The Labute approximate surface area is 78.8 Å². The zero-order chi connectivity index (χ0) is 9.68. The van der Waals surface area contributed by atoms with Gasteiger partial charge in [-0.25, -0.2) is 4.98 Å². The van der Waals surface area contributed by atoms with Crippen molar-refractivity contribution in [1.82, 2.24) is 14.5 Å². The summed E-state index contributed by atoms with van der Waals surface area (Å²) in [7, 11) is 4.08. The number of hydrogen-bond acceptors (Lipinski definition) is 3. The molecule has 0 saturated heterocycles. The summed E-state index contributed by atoms with van der Waals surface area (Å²) in [5.41, 5.74) is 0. The van der Waals surface area contributed by atoms with E-state index < -0.39 is 0 Å². The molecule has 0 saturated carbocycles. The number of imidazole rings is 1. The van der Waals surface area contributed by atoms with Crippen molar-refractivity contribution < 1.29 is 5.11 Å². The van der Waals surface area contributed by atoms with Gasteiger partial charge in [-0.3, -0.25) is 0 Å². The molecule has 1 N–H and O–H groups in total. The Morgan fingerprint density at radius 2 is 2.31 bits per heavy atom. The lowest BCUT2D eigenvalue weighted by atomic mass is 10.4. The standard InChI is InChI=1S/C9H17N3O/c1-11(2)5-3-9-10-4-6-12(9)7-8-13/h4,6,13H,3,5,7-8H2,1-2H3. The van der Waals surface area contributed by atoms with Crippen molar-refractivity contribution in [3.63, 3.8) is 0 Å². The summed E-state index contributed by atoms with van der Waals surface area (Å²) in [6, 6.07) is 0. The van der Waals surface area contributed by atoms with Gasteiger partial charge in [-0.1, -0.05) is 0 Å². The fourth-order valence-electron chi connectivity index (χ4n) is 1.20. The van der Waals surface area contributed by atoms with Gasteiger partial charge in [-0.2, -0.15) is 0 Å². The van der Waals surface area contributed by atoms with Gasteiger partial charge < -0.3 is 14.6 Å². The largest absolute Gasteiger partial charge is 0.395 e. The van der Waals surface area contributed by atoms with E-state index in [1.807, 2.05) is 24.9 Å². The second kappa shape index (κ2) is 4.99. The molecule has 74 valence electrons. The van der Waals surface area contributed by atoms with Crippen LogP contribution in [0.3, 0.4) is 0 Å². The molecule has 1 aromatic heterocycles. The van der Waals surface area contributed by atoms with Crippen molar-refractivity contribution in [2.24, 2.45) is 0 Å². The third-order valence-electron chi connectivity index (χ3n) is 1.93. The molecule has 0 unspecified atom stereocenters. The number of aliphatic hydroxyl groups excluding tert-OH is 1. The first-order valence-electron chi connectivity index (χ1n) is 4.49. The highest BCUT2D eigenvalue weighted by Crippen LogP contribution is 1.98. The van der Waals surface area contributed by atoms with Crippen LogP contribution in [0.1, 0.15) is 5.82 Å². The molecule has 1 heterocycles. The topological polar surface area (TPSA) is 41.3 Å². The highest BCUT2D eigenvalue weighted by molar-refractivity contribution is 4.92. The quantitative estimate of drug-likeness (QED) is 0.697. The number of rotatable bonds is 5.